The van der Waals surface area contributed by atoms with Crippen LogP contribution in [0.3, 0.4) is 0 Å². The minimum absolute atomic E-state index is 0.113. The Bertz CT molecular complexity index is 1690. The molecule has 1 unspecified atom stereocenters. The van der Waals surface area contributed by atoms with E-state index in [1.807, 2.05) is 31.2 Å². The number of imidazole rings is 1. The Balaban J connectivity index is 1.32. The van der Waals surface area contributed by atoms with E-state index in [0.29, 0.717) is 28.4 Å². The van der Waals surface area contributed by atoms with Gasteiger partial charge in [0.2, 0.25) is 0 Å². The van der Waals surface area contributed by atoms with Gasteiger partial charge in [0.25, 0.3) is 0 Å². The molecule has 2 aliphatic heterocycles. The number of benzene rings is 1. The van der Waals surface area contributed by atoms with E-state index < -0.39 is 9.84 Å². The van der Waals surface area contributed by atoms with Gasteiger partial charge in [0.15, 0.2) is 15.5 Å². The second-order valence-electron chi connectivity index (χ2n) is 11.9. The molecule has 0 spiro atoms. The van der Waals surface area contributed by atoms with Crippen molar-refractivity contribution in [3.05, 3.63) is 58.8 Å². The zero-order chi connectivity index (χ0) is 28.1. The lowest BCUT2D eigenvalue weighted by molar-refractivity contribution is -0.0309. The normalized spacial score (nSPS) is 19.7. The number of nitrogens with one attached hydrogen (secondary N) is 1. The topological polar surface area (TPSA) is 104 Å². The molecule has 1 saturated carbocycles. The van der Waals surface area contributed by atoms with E-state index in [1.165, 1.54) is 24.8 Å². The van der Waals surface area contributed by atoms with E-state index in [0.717, 1.165) is 92.2 Å². The van der Waals surface area contributed by atoms with Gasteiger partial charge < -0.3 is 10.1 Å². The summed E-state index contributed by atoms with van der Waals surface area (Å²) < 4.78 is 36.2. The Morgan fingerprint density at radius 3 is 2.63 bits per heavy atom. The lowest BCUT2D eigenvalue weighted by Gasteiger charge is -2.25. The monoisotopic (exact) mass is 574 g/mol. The molecule has 0 amide bonds. The molecule has 41 heavy (non-hydrogen) atoms. The number of fused-ring (bicyclic) bond motifs is 2. The van der Waals surface area contributed by atoms with Gasteiger partial charge in [-0.1, -0.05) is 12.5 Å². The molecular formula is C31H38N6O3S. The Morgan fingerprint density at radius 2 is 1.85 bits per heavy atom. The van der Waals surface area contributed by atoms with Crippen LogP contribution in [0.15, 0.2) is 35.2 Å². The number of nitrogens with zero attached hydrogens (tertiary/aromatic N) is 5. The molecule has 216 valence electrons. The van der Waals surface area contributed by atoms with Gasteiger partial charge in [-0.3, -0.25) is 9.25 Å². The zero-order valence-corrected chi connectivity index (χ0v) is 24.7. The van der Waals surface area contributed by atoms with Crippen LogP contribution < -0.4 is 5.32 Å². The summed E-state index contributed by atoms with van der Waals surface area (Å²) >= 11 is 0. The van der Waals surface area contributed by atoms with Crippen LogP contribution in [0.25, 0.3) is 11.2 Å². The predicted octanol–water partition coefficient (Wildman–Crippen LogP) is 5.98. The van der Waals surface area contributed by atoms with Crippen molar-refractivity contribution in [2.45, 2.75) is 94.7 Å². The summed E-state index contributed by atoms with van der Waals surface area (Å²) in [5, 5.41) is 8.40. The fraction of sp³-hybridized carbons (Fsp3) is 0.516. The second-order valence-corrected chi connectivity index (χ2v) is 13.9. The number of hydrogen-bond donors (Lipinski definition) is 1. The Morgan fingerprint density at radius 1 is 0.976 bits per heavy atom. The first-order valence-corrected chi connectivity index (χ1v) is 16.9. The van der Waals surface area contributed by atoms with Crippen LogP contribution in [0.4, 0.5) is 11.4 Å². The molecule has 7 rings (SSSR count). The fourth-order valence-corrected chi connectivity index (χ4v) is 7.24. The molecule has 2 fully saturated rings. The van der Waals surface area contributed by atoms with Gasteiger partial charge in [0.05, 0.1) is 27.7 Å². The van der Waals surface area contributed by atoms with Crippen molar-refractivity contribution in [2.75, 3.05) is 18.2 Å². The minimum Gasteiger partial charge on any atom is -0.358 e. The van der Waals surface area contributed by atoms with Crippen molar-refractivity contribution in [1.82, 2.24) is 24.3 Å². The van der Waals surface area contributed by atoms with Crippen LogP contribution in [-0.2, 0) is 34.0 Å². The number of ether oxygens (including phenoxy) is 1. The molecule has 1 atom stereocenters. The fourth-order valence-electron chi connectivity index (χ4n) is 6.37. The molecule has 3 aliphatic rings. The highest BCUT2D eigenvalue weighted by Crippen LogP contribution is 2.42. The molecular weight excluding hydrogens is 536 g/mol. The summed E-state index contributed by atoms with van der Waals surface area (Å²) in [6, 6.07) is 10.0. The van der Waals surface area contributed by atoms with Gasteiger partial charge in [-0.05, 0) is 94.0 Å². The van der Waals surface area contributed by atoms with Crippen LogP contribution in [0.2, 0.25) is 0 Å². The number of rotatable bonds is 7. The Kier molecular flexibility index (Phi) is 6.85. The number of anilines is 2. The van der Waals surface area contributed by atoms with Crippen LogP contribution >= 0.6 is 0 Å². The standard InChI is InChI=1S/C31H38N6O3S/c1-20-32-30-27(34-26-13-12-22(21-10-11-21)16-28(26)41(2,38)39)19-23(33-31(30)37(20)29-9-5-7-15-40-29)17-24-18-25-8-4-3-6-14-36(25)35-24/h12-13,16,18-19,21,29H,3-11,14-15,17H2,1-2H3,(H,33,34). The van der Waals surface area contributed by atoms with Crippen molar-refractivity contribution in [3.63, 3.8) is 0 Å². The molecule has 1 N–H and O–H groups in total. The first-order valence-electron chi connectivity index (χ1n) is 15.0. The maximum absolute atomic E-state index is 12.9. The summed E-state index contributed by atoms with van der Waals surface area (Å²) in [5.74, 6) is 1.29. The van der Waals surface area contributed by atoms with Gasteiger partial charge >= 0.3 is 0 Å². The Hall–Kier alpha value is -3.24. The van der Waals surface area contributed by atoms with Gasteiger partial charge in [0.1, 0.15) is 17.6 Å². The number of aromatic nitrogens is 5. The van der Waals surface area contributed by atoms with E-state index in [9.17, 15) is 8.42 Å². The van der Waals surface area contributed by atoms with Crippen LogP contribution in [0.5, 0.6) is 0 Å². The Labute approximate surface area is 241 Å². The van der Waals surface area contributed by atoms with Gasteiger partial charge in [0, 0.05) is 31.5 Å². The van der Waals surface area contributed by atoms with Gasteiger partial charge in [-0.25, -0.2) is 18.4 Å². The minimum atomic E-state index is -3.46. The quantitative estimate of drug-likeness (QED) is 0.290. The molecule has 3 aromatic heterocycles. The van der Waals surface area contributed by atoms with Gasteiger partial charge in [-0.15, -0.1) is 0 Å². The number of pyridine rings is 1. The van der Waals surface area contributed by atoms with Crippen molar-refractivity contribution in [2.24, 2.45) is 0 Å². The molecule has 0 bridgehead atoms. The molecule has 1 aliphatic carbocycles. The van der Waals surface area contributed by atoms with Gasteiger partial charge in [-0.2, -0.15) is 5.10 Å². The third-order valence-electron chi connectivity index (χ3n) is 8.62. The van der Waals surface area contributed by atoms with E-state index >= 15 is 0 Å². The first-order chi connectivity index (χ1) is 19.8. The number of hydrogen-bond acceptors (Lipinski definition) is 7. The largest absolute Gasteiger partial charge is 0.358 e. The van der Waals surface area contributed by atoms with E-state index in [-0.39, 0.29) is 6.23 Å². The number of sulfone groups is 1. The molecule has 5 heterocycles. The lowest BCUT2D eigenvalue weighted by atomic mass is 10.1. The first kappa shape index (κ1) is 26.6. The summed E-state index contributed by atoms with van der Waals surface area (Å²) in [4.78, 5) is 10.4. The van der Waals surface area contributed by atoms with E-state index in [1.54, 1.807) is 0 Å². The molecule has 1 aromatic carbocycles. The van der Waals surface area contributed by atoms with Crippen LogP contribution in [0, 0.1) is 6.92 Å². The maximum Gasteiger partial charge on any atom is 0.177 e. The SMILES string of the molecule is Cc1nc2c(Nc3ccc(C4CC4)cc3S(C)(=O)=O)cc(Cc3cc4n(n3)CCCCC4)nc2n1C1CCCCO1. The molecule has 10 heteroatoms. The smallest absolute Gasteiger partial charge is 0.177 e. The maximum atomic E-state index is 12.9. The van der Waals surface area contributed by atoms with E-state index in [2.05, 4.69) is 20.6 Å². The van der Waals surface area contributed by atoms with Crippen LogP contribution in [0.1, 0.15) is 92.0 Å². The summed E-state index contributed by atoms with van der Waals surface area (Å²) in [6.07, 6.45) is 11.7. The van der Waals surface area contributed by atoms with Crippen LogP contribution in [-0.4, -0.2) is 45.6 Å². The average molecular weight is 575 g/mol. The summed E-state index contributed by atoms with van der Waals surface area (Å²) in [5.41, 5.74) is 7.02. The predicted molar refractivity (Wildman–Crippen MR) is 159 cm³/mol. The van der Waals surface area contributed by atoms with Crippen molar-refractivity contribution in [3.8, 4) is 0 Å². The van der Waals surface area contributed by atoms with Crippen molar-refractivity contribution >= 4 is 32.4 Å². The highest BCUT2D eigenvalue weighted by atomic mass is 32.2. The third-order valence-corrected chi connectivity index (χ3v) is 9.76. The number of aryl methyl sites for hydroxylation is 3. The summed E-state index contributed by atoms with van der Waals surface area (Å²) in [6.45, 7) is 3.67. The molecule has 9 nitrogen and oxygen atoms in total. The average Bonchev–Trinajstić information content (AvgIpc) is 3.69. The molecule has 4 aromatic rings. The van der Waals surface area contributed by atoms with Crippen molar-refractivity contribution in [1.29, 1.82) is 0 Å². The molecule has 1 saturated heterocycles. The third kappa shape index (κ3) is 5.39. The molecule has 0 radical (unpaired) electrons. The summed E-state index contributed by atoms with van der Waals surface area (Å²) in [7, 11) is -3.46. The lowest BCUT2D eigenvalue weighted by Crippen LogP contribution is -2.19. The van der Waals surface area contributed by atoms with Crippen molar-refractivity contribution < 1.29 is 13.2 Å². The second kappa shape index (κ2) is 10.5. The zero-order valence-electron chi connectivity index (χ0n) is 23.9. The van der Waals surface area contributed by atoms with E-state index in [4.69, 9.17) is 19.8 Å². The highest BCUT2D eigenvalue weighted by molar-refractivity contribution is 7.90. The highest BCUT2D eigenvalue weighted by Gasteiger charge is 2.27.